The molecule has 7 nitrogen and oxygen atoms in total. The third kappa shape index (κ3) is 4.30. The Hall–Kier alpha value is -3.62. The first-order valence-corrected chi connectivity index (χ1v) is 11.7. The molecule has 0 unspecified atom stereocenters. The predicted molar refractivity (Wildman–Crippen MR) is 131 cm³/mol. The standard InChI is InChI=1S/C25H18ClN3O4S/c1-32-24(31)16-8-9-19-21(12-16)28-25(29(23(19)30)13-18-6-4-10-33-18)34-14-17-11-15-5-2-3-7-20(15)27-22(17)26/h2-12H,13-14H2,1H3. The molecule has 9 heteroatoms. The summed E-state index contributed by atoms with van der Waals surface area (Å²) < 4.78 is 11.8. The number of nitrogens with zero attached hydrogens (tertiary/aromatic N) is 3. The topological polar surface area (TPSA) is 87.2 Å². The molecular weight excluding hydrogens is 474 g/mol. The lowest BCUT2D eigenvalue weighted by Gasteiger charge is -2.13. The van der Waals surface area contributed by atoms with Crippen LogP contribution in [0.25, 0.3) is 21.8 Å². The highest BCUT2D eigenvalue weighted by Crippen LogP contribution is 2.28. The molecule has 3 heterocycles. The van der Waals surface area contributed by atoms with Crippen molar-refractivity contribution in [1.29, 1.82) is 0 Å². The highest BCUT2D eigenvalue weighted by Gasteiger charge is 2.16. The number of ether oxygens (including phenoxy) is 1. The van der Waals surface area contributed by atoms with Gasteiger partial charge in [0.1, 0.15) is 10.9 Å². The molecule has 0 amide bonds. The molecule has 3 aromatic heterocycles. The van der Waals surface area contributed by atoms with Crippen molar-refractivity contribution in [2.45, 2.75) is 17.5 Å². The van der Waals surface area contributed by atoms with Crippen LogP contribution in [0.4, 0.5) is 0 Å². The molecule has 0 spiro atoms. The second-order valence-corrected chi connectivity index (χ2v) is 8.81. The average Bonchev–Trinajstić information content (AvgIpc) is 3.37. The molecule has 0 N–H and O–H groups in total. The monoisotopic (exact) mass is 491 g/mol. The first kappa shape index (κ1) is 22.2. The number of fused-ring (bicyclic) bond motifs is 2. The molecule has 0 saturated heterocycles. The zero-order valence-corrected chi connectivity index (χ0v) is 19.6. The first-order chi connectivity index (χ1) is 16.5. The fourth-order valence-electron chi connectivity index (χ4n) is 3.63. The minimum Gasteiger partial charge on any atom is -0.467 e. The fraction of sp³-hybridized carbons (Fsp3) is 0.120. The fourth-order valence-corrected chi connectivity index (χ4v) is 4.90. The summed E-state index contributed by atoms with van der Waals surface area (Å²) in [6.07, 6.45) is 1.56. The van der Waals surface area contributed by atoms with Gasteiger partial charge in [-0.25, -0.2) is 14.8 Å². The zero-order valence-electron chi connectivity index (χ0n) is 18.0. The van der Waals surface area contributed by atoms with Crippen LogP contribution in [0.15, 0.2) is 81.3 Å². The minimum absolute atomic E-state index is 0.222. The molecule has 0 atom stereocenters. The van der Waals surface area contributed by atoms with Crippen molar-refractivity contribution >= 4 is 51.1 Å². The summed E-state index contributed by atoms with van der Waals surface area (Å²) in [5.41, 5.74) is 2.14. The smallest absolute Gasteiger partial charge is 0.337 e. The van der Waals surface area contributed by atoms with Crippen molar-refractivity contribution in [3.8, 4) is 0 Å². The maximum absolute atomic E-state index is 13.4. The number of para-hydroxylation sites is 1. The molecule has 2 aromatic carbocycles. The maximum atomic E-state index is 13.4. The Kier molecular flexibility index (Phi) is 6.08. The van der Waals surface area contributed by atoms with Gasteiger partial charge in [0.25, 0.3) is 5.56 Å². The van der Waals surface area contributed by atoms with E-state index >= 15 is 0 Å². The van der Waals surface area contributed by atoms with Gasteiger partial charge in [0.2, 0.25) is 0 Å². The molecule has 5 rings (SSSR count). The normalized spacial score (nSPS) is 11.2. The van der Waals surface area contributed by atoms with Gasteiger partial charge < -0.3 is 9.15 Å². The number of halogens is 1. The number of furan rings is 1. The number of carbonyl (C=O) groups excluding carboxylic acids is 1. The van der Waals surface area contributed by atoms with Crippen LogP contribution in [0.3, 0.4) is 0 Å². The number of carbonyl (C=O) groups is 1. The van der Waals surface area contributed by atoms with E-state index < -0.39 is 5.97 Å². The lowest BCUT2D eigenvalue weighted by atomic mass is 10.1. The van der Waals surface area contributed by atoms with Crippen LogP contribution in [0.2, 0.25) is 5.15 Å². The van der Waals surface area contributed by atoms with E-state index in [-0.39, 0.29) is 12.1 Å². The lowest BCUT2D eigenvalue weighted by Crippen LogP contribution is -2.24. The summed E-state index contributed by atoms with van der Waals surface area (Å²) in [4.78, 5) is 34.6. The SMILES string of the molecule is COC(=O)c1ccc2c(=O)n(Cc3ccco3)c(SCc3cc4ccccc4nc3Cl)nc2c1. The van der Waals surface area contributed by atoms with Crippen molar-refractivity contribution < 1.29 is 13.9 Å². The van der Waals surface area contributed by atoms with Gasteiger partial charge in [-0.05, 0) is 42.5 Å². The van der Waals surface area contributed by atoms with Gasteiger partial charge in [0.05, 0.1) is 41.9 Å². The number of hydrogen-bond acceptors (Lipinski definition) is 7. The van der Waals surface area contributed by atoms with Crippen molar-refractivity contribution in [1.82, 2.24) is 14.5 Å². The van der Waals surface area contributed by atoms with Gasteiger partial charge in [0.15, 0.2) is 5.16 Å². The Morgan fingerprint density at radius 3 is 2.74 bits per heavy atom. The van der Waals surface area contributed by atoms with E-state index in [1.165, 1.54) is 18.9 Å². The second kappa shape index (κ2) is 9.32. The van der Waals surface area contributed by atoms with Gasteiger partial charge in [0, 0.05) is 16.7 Å². The summed E-state index contributed by atoms with van der Waals surface area (Å²) in [5.74, 6) is 0.581. The van der Waals surface area contributed by atoms with Crippen molar-refractivity contribution in [3.63, 3.8) is 0 Å². The Morgan fingerprint density at radius 2 is 1.94 bits per heavy atom. The minimum atomic E-state index is -0.494. The average molecular weight is 492 g/mol. The molecule has 170 valence electrons. The summed E-state index contributed by atoms with van der Waals surface area (Å²) in [6.45, 7) is 0.222. The highest BCUT2D eigenvalue weighted by atomic mass is 35.5. The van der Waals surface area contributed by atoms with Crippen molar-refractivity contribution in [2.75, 3.05) is 7.11 Å². The van der Waals surface area contributed by atoms with Gasteiger partial charge in [-0.15, -0.1) is 0 Å². The Balaban J connectivity index is 1.57. The van der Waals surface area contributed by atoms with Crippen molar-refractivity contribution in [3.05, 3.63) is 99.3 Å². The van der Waals surface area contributed by atoms with Crippen LogP contribution in [0.1, 0.15) is 21.7 Å². The predicted octanol–water partition coefficient (Wildman–Crippen LogP) is 5.32. The summed E-state index contributed by atoms with van der Waals surface area (Å²) in [7, 11) is 1.31. The Labute approximate surface area is 203 Å². The van der Waals surface area contributed by atoms with Crippen LogP contribution in [0.5, 0.6) is 0 Å². The summed E-state index contributed by atoms with van der Waals surface area (Å²) in [5, 5.41) is 2.25. The van der Waals surface area contributed by atoms with Gasteiger partial charge in [-0.1, -0.05) is 41.6 Å². The molecule has 0 fully saturated rings. The van der Waals surface area contributed by atoms with E-state index in [1.807, 2.05) is 30.3 Å². The van der Waals surface area contributed by atoms with Gasteiger partial charge in [-0.3, -0.25) is 9.36 Å². The van der Waals surface area contributed by atoms with E-state index in [1.54, 1.807) is 41.2 Å². The number of aromatic nitrogens is 3. The molecule has 0 saturated carbocycles. The van der Waals surface area contributed by atoms with E-state index in [2.05, 4.69) is 4.98 Å². The largest absolute Gasteiger partial charge is 0.467 e. The molecular formula is C25H18ClN3O4S. The van der Waals surface area contributed by atoms with Crippen LogP contribution in [-0.2, 0) is 17.0 Å². The van der Waals surface area contributed by atoms with Gasteiger partial charge in [-0.2, -0.15) is 0 Å². The summed E-state index contributed by atoms with van der Waals surface area (Å²) >= 11 is 7.81. The molecule has 0 radical (unpaired) electrons. The third-order valence-corrected chi connectivity index (χ3v) is 6.69. The Morgan fingerprint density at radius 1 is 1.09 bits per heavy atom. The van der Waals surface area contributed by atoms with E-state index in [4.69, 9.17) is 25.7 Å². The molecule has 0 aliphatic heterocycles. The molecule has 0 bridgehead atoms. The quantitative estimate of drug-likeness (QED) is 0.137. The van der Waals surface area contributed by atoms with Gasteiger partial charge >= 0.3 is 5.97 Å². The second-order valence-electron chi connectivity index (χ2n) is 7.51. The summed E-state index contributed by atoms with van der Waals surface area (Å²) in [6, 6.07) is 18.0. The van der Waals surface area contributed by atoms with E-state index in [9.17, 15) is 9.59 Å². The first-order valence-electron chi connectivity index (χ1n) is 10.4. The lowest BCUT2D eigenvalue weighted by molar-refractivity contribution is 0.0601. The Bertz CT molecular complexity index is 1580. The maximum Gasteiger partial charge on any atom is 0.337 e. The number of methoxy groups -OCH3 is 1. The molecule has 0 aliphatic rings. The van der Waals surface area contributed by atoms with Crippen LogP contribution in [0, 0.1) is 0 Å². The number of esters is 1. The number of thioether (sulfide) groups is 1. The number of rotatable bonds is 6. The van der Waals surface area contributed by atoms with Crippen molar-refractivity contribution in [2.24, 2.45) is 0 Å². The molecule has 5 aromatic rings. The number of hydrogen-bond donors (Lipinski definition) is 0. The van der Waals surface area contributed by atoms with E-state index in [0.29, 0.717) is 38.3 Å². The van der Waals surface area contributed by atoms with Crippen LogP contribution < -0.4 is 5.56 Å². The zero-order chi connectivity index (χ0) is 23.7. The highest BCUT2D eigenvalue weighted by molar-refractivity contribution is 7.98. The van der Waals surface area contributed by atoms with E-state index in [0.717, 1.165) is 16.5 Å². The number of pyridine rings is 1. The third-order valence-electron chi connectivity index (χ3n) is 5.34. The van der Waals surface area contributed by atoms with Crippen LogP contribution >= 0.6 is 23.4 Å². The molecule has 0 aliphatic carbocycles. The molecule has 34 heavy (non-hydrogen) atoms. The number of benzene rings is 2. The van der Waals surface area contributed by atoms with Crippen LogP contribution in [-0.4, -0.2) is 27.6 Å².